The van der Waals surface area contributed by atoms with Crippen LogP contribution in [0.5, 0.6) is 0 Å². The van der Waals surface area contributed by atoms with Crippen molar-refractivity contribution in [1.82, 2.24) is 14.7 Å². The second kappa shape index (κ2) is 2.84. The average molecular weight is 179 g/mol. The Morgan fingerprint density at radius 3 is 2.54 bits per heavy atom. The summed E-state index contributed by atoms with van der Waals surface area (Å²) in [5.74, 6) is 0.543. The molecule has 0 saturated carbocycles. The lowest BCUT2D eigenvalue weighted by molar-refractivity contribution is 0.342. The highest BCUT2D eigenvalue weighted by molar-refractivity contribution is 5.31. The van der Waals surface area contributed by atoms with Gasteiger partial charge in [-0.2, -0.15) is 5.10 Å². The number of aromatic nitrogens is 2. The molecule has 0 fully saturated rings. The number of fused-ring (bicyclic) bond motifs is 1. The Labute approximate surface area is 79.3 Å². The van der Waals surface area contributed by atoms with E-state index in [-0.39, 0.29) is 0 Å². The fraction of sp³-hybridized carbons (Fsp3) is 0.700. The van der Waals surface area contributed by atoms with Gasteiger partial charge in [-0.3, -0.25) is 9.58 Å². The molecule has 1 aromatic heterocycles. The van der Waals surface area contributed by atoms with Crippen molar-refractivity contribution < 1.29 is 0 Å². The molecule has 0 aliphatic carbocycles. The van der Waals surface area contributed by atoms with E-state index < -0.39 is 0 Å². The zero-order valence-corrected chi connectivity index (χ0v) is 8.83. The molecule has 0 aromatic carbocycles. The Morgan fingerprint density at radius 1 is 1.23 bits per heavy atom. The van der Waals surface area contributed by atoms with E-state index in [1.54, 1.807) is 0 Å². The Morgan fingerprint density at radius 2 is 1.92 bits per heavy atom. The lowest BCUT2D eigenvalue weighted by Crippen LogP contribution is -2.11. The summed E-state index contributed by atoms with van der Waals surface area (Å²) in [5.41, 5.74) is 4.13. The highest BCUT2D eigenvalue weighted by Gasteiger charge is 2.25. The van der Waals surface area contributed by atoms with Crippen molar-refractivity contribution in [2.45, 2.75) is 32.9 Å². The molecule has 3 heteroatoms. The molecule has 2 rings (SSSR count). The van der Waals surface area contributed by atoms with E-state index >= 15 is 0 Å². The molecule has 2 heterocycles. The molecule has 0 unspecified atom stereocenters. The summed E-state index contributed by atoms with van der Waals surface area (Å²) in [6.45, 7) is 6.53. The molecule has 0 bridgehead atoms. The number of aryl methyl sites for hydroxylation is 1. The lowest BCUT2D eigenvalue weighted by Gasteiger charge is -2.08. The zero-order valence-electron chi connectivity index (χ0n) is 8.83. The molecule has 1 aromatic rings. The standard InChI is InChI=1S/C10H17N3/c1-7(2)10-8-5-12(3)6-9(8)13(4)11-10/h7H,5-6H2,1-4H3. The van der Waals surface area contributed by atoms with Crippen LogP contribution in [0.2, 0.25) is 0 Å². The van der Waals surface area contributed by atoms with E-state index in [9.17, 15) is 0 Å². The molecule has 0 N–H and O–H groups in total. The van der Waals surface area contributed by atoms with Crippen LogP contribution in [0, 0.1) is 0 Å². The molecule has 1 aliphatic rings. The normalized spacial score (nSPS) is 17.0. The first kappa shape index (κ1) is 8.75. The molecule has 13 heavy (non-hydrogen) atoms. The number of rotatable bonds is 1. The smallest absolute Gasteiger partial charge is 0.0698 e. The number of hydrogen-bond acceptors (Lipinski definition) is 2. The second-order valence-corrected chi connectivity index (χ2v) is 4.26. The van der Waals surface area contributed by atoms with Gasteiger partial charge >= 0.3 is 0 Å². The van der Waals surface area contributed by atoms with E-state index in [1.165, 1.54) is 17.0 Å². The predicted octanol–water partition coefficient (Wildman–Crippen LogP) is 1.49. The van der Waals surface area contributed by atoms with Gasteiger partial charge < -0.3 is 0 Å². The van der Waals surface area contributed by atoms with Gasteiger partial charge in [-0.1, -0.05) is 13.8 Å². The van der Waals surface area contributed by atoms with Crippen LogP contribution >= 0.6 is 0 Å². The first-order valence-corrected chi connectivity index (χ1v) is 4.82. The van der Waals surface area contributed by atoms with Gasteiger partial charge in [-0.05, 0) is 13.0 Å². The summed E-state index contributed by atoms with van der Waals surface area (Å²) in [4.78, 5) is 2.33. The summed E-state index contributed by atoms with van der Waals surface area (Å²) in [7, 11) is 4.20. The van der Waals surface area contributed by atoms with Gasteiger partial charge in [0.05, 0.1) is 11.4 Å². The predicted molar refractivity (Wildman–Crippen MR) is 52.5 cm³/mol. The van der Waals surface area contributed by atoms with E-state index in [4.69, 9.17) is 0 Å². The first-order chi connectivity index (χ1) is 6.09. The highest BCUT2D eigenvalue weighted by atomic mass is 15.3. The zero-order chi connectivity index (χ0) is 9.59. The Kier molecular flexibility index (Phi) is 1.91. The van der Waals surface area contributed by atoms with Crippen molar-refractivity contribution in [3.63, 3.8) is 0 Å². The molecule has 0 amide bonds. The number of hydrogen-bond donors (Lipinski definition) is 0. The minimum Gasteiger partial charge on any atom is -0.296 e. The fourth-order valence-electron chi connectivity index (χ4n) is 2.04. The highest BCUT2D eigenvalue weighted by Crippen LogP contribution is 2.28. The van der Waals surface area contributed by atoms with Gasteiger partial charge in [0.1, 0.15) is 0 Å². The van der Waals surface area contributed by atoms with Crippen LogP contribution in [-0.2, 0) is 20.1 Å². The summed E-state index contributed by atoms with van der Waals surface area (Å²) in [5, 5.41) is 4.56. The molecule has 1 aliphatic heterocycles. The van der Waals surface area contributed by atoms with Crippen molar-refractivity contribution in [1.29, 1.82) is 0 Å². The van der Waals surface area contributed by atoms with E-state index in [1.807, 2.05) is 11.7 Å². The maximum absolute atomic E-state index is 4.56. The van der Waals surface area contributed by atoms with Crippen molar-refractivity contribution in [2.24, 2.45) is 7.05 Å². The Balaban J connectivity index is 2.46. The van der Waals surface area contributed by atoms with Gasteiger partial charge in [-0.15, -0.1) is 0 Å². The molecule has 72 valence electrons. The molecular weight excluding hydrogens is 162 g/mol. The summed E-state index contributed by atoms with van der Waals surface area (Å²) >= 11 is 0. The van der Waals surface area contributed by atoms with Gasteiger partial charge in [0.15, 0.2) is 0 Å². The SMILES string of the molecule is CC(C)c1nn(C)c2c1CN(C)C2. The van der Waals surface area contributed by atoms with E-state index in [0.717, 1.165) is 13.1 Å². The minimum atomic E-state index is 0.543. The maximum atomic E-state index is 4.56. The largest absolute Gasteiger partial charge is 0.296 e. The van der Waals surface area contributed by atoms with Crippen molar-refractivity contribution >= 4 is 0 Å². The van der Waals surface area contributed by atoms with Crippen LogP contribution in [0.25, 0.3) is 0 Å². The number of nitrogens with zero attached hydrogens (tertiary/aromatic N) is 3. The van der Waals surface area contributed by atoms with Crippen LogP contribution in [0.3, 0.4) is 0 Å². The summed E-state index contributed by atoms with van der Waals surface area (Å²) < 4.78 is 2.04. The molecule has 0 atom stereocenters. The molecular formula is C10H17N3. The Bertz CT molecular complexity index is 325. The van der Waals surface area contributed by atoms with Crippen LogP contribution in [0.15, 0.2) is 0 Å². The van der Waals surface area contributed by atoms with Crippen molar-refractivity contribution in [2.75, 3.05) is 7.05 Å². The molecule has 0 spiro atoms. The Hall–Kier alpha value is -0.830. The van der Waals surface area contributed by atoms with Crippen molar-refractivity contribution in [3.05, 3.63) is 17.0 Å². The van der Waals surface area contributed by atoms with Crippen molar-refractivity contribution in [3.8, 4) is 0 Å². The lowest BCUT2D eigenvalue weighted by atomic mass is 10.1. The quantitative estimate of drug-likeness (QED) is 0.651. The third kappa shape index (κ3) is 1.27. The first-order valence-electron chi connectivity index (χ1n) is 4.82. The fourth-order valence-corrected chi connectivity index (χ4v) is 2.04. The third-order valence-electron chi connectivity index (χ3n) is 2.70. The van der Waals surface area contributed by atoms with Crippen LogP contribution < -0.4 is 0 Å². The monoisotopic (exact) mass is 179 g/mol. The van der Waals surface area contributed by atoms with Crippen LogP contribution in [0.4, 0.5) is 0 Å². The molecule has 0 radical (unpaired) electrons. The van der Waals surface area contributed by atoms with Crippen LogP contribution in [-0.4, -0.2) is 21.7 Å². The molecule has 3 nitrogen and oxygen atoms in total. The topological polar surface area (TPSA) is 21.1 Å². The minimum absolute atomic E-state index is 0.543. The van der Waals surface area contributed by atoms with Gasteiger partial charge in [0.25, 0.3) is 0 Å². The second-order valence-electron chi connectivity index (χ2n) is 4.26. The van der Waals surface area contributed by atoms with E-state index in [2.05, 4.69) is 30.9 Å². The van der Waals surface area contributed by atoms with Gasteiger partial charge in [-0.25, -0.2) is 0 Å². The van der Waals surface area contributed by atoms with Crippen LogP contribution in [0.1, 0.15) is 36.7 Å². The maximum Gasteiger partial charge on any atom is 0.0698 e. The van der Waals surface area contributed by atoms with E-state index in [0.29, 0.717) is 5.92 Å². The third-order valence-corrected chi connectivity index (χ3v) is 2.70. The van der Waals surface area contributed by atoms with Gasteiger partial charge in [0.2, 0.25) is 0 Å². The average Bonchev–Trinajstić information content (AvgIpc) is 2.51. The summed E-state index contributed by atoms with van der Waals surface area (Å²) in [6.07, 6.45) is 0. The van der Waals surface area contributed by atoms with Gasteiger partial charge in [0, 0.05) is 25.7 Å². The summed E-state index contributed by atoms with van der Waals surface area (Å²) in [6, 6.07) is 0. The molecule has 0 saturated heterocycles.